The predicted octanol–water partition coefficient (Wildman–Crippen LogP) is 7.81. The molecule has 0 fully saturated rings. The second kappa shape index (κ2) is 20.2. The Balaban J connectivity index is 2.09. The molecule has 234 valence electrons. The first-order valence-corrected chi connectivity index (χ1v) is 16.4. The molecule has 0 spiro atoms. The first-order valence-electron chi connectivity index (χ1n) is 16.4. The minimum absolute atomic E-state index is 0.0695. The van der Waals surface area contributed by atoms with Crippen LogP contribution < -0.4 is 9.47 Å². The molecule has 0 saturated carbocycles. The van der Waals surface area contributed by atoms with Crippen LogP contribution in [0.2, 0.25) is 0 Å². The van der Waals surface area contributed by atoms with E-state index >= 15 is 0 Å². The largest absolute Gasteiger partial charge is 0.494 e. The molecule has 0 N–H and O–H groups in total. The highest BCUT2D eigenvalue weighted by Gasteiger charge is 2.25. The fourth-order valence-corrected chi connectivity index (χ4v) is 5.32. The lowest BCUT2D eigenvalue weighted by Gasteiger charge is -2.26. The van der Waals surface area contributed by atoms with Gasteiger partial charge in [0.15, 0.2) is 11.6 Å². The third-order valence-corrected chi connectivity index (χ3v) is 8.07. The fourth-order valence-electron chi connectivity index (χ4n) is 5.32. The van der Waals surface area contributed by atoms with Gasteiger partial charge < -0.3 is 19.3 Å². The van der Waals surface area contributed by atoms with E-state index in [2.05, 4.69) is 51.3 Å². The number of benzene rings is 2. The van der Waals surface area contributed by atoms with Crippen LogP contribution in [0.5, 0.6) is 11.5 Å². The number of unbranched alkanes of at least 4 members (excludes halogenated alkanes) is 1. The third kappa shape index (κ3) is 11.9. The second-order valence-electron chi connectivity index (χ2n) is 11.1. The molecule has 0 aliphatic heterocycles. The minimum atomic E-state index is -0.0695. The molecule has 2 rings (SSSR count). The number of carbonyl (C=O) groups excluding carboxylic acids is 2. The highest BCUT2D eigenvalue weighted by molar-refractivity contribution is 5.98. The van der Waals surface area contributed by atoms with Crippen molar-refractivity contribution in [2.75, 3.05) is 52.5 Å². The summed E-state index contributed by atoms with van der Waals surface area (Å²) in [6, 6.07) is 15.2. The van der Waals surface area contributed by atoms with Gasteiger partial charge in [-0.15, -0.1) is 0 Å². The molecule has 42 heavy (non-hydrogen) atoms. The smallest absolute Gasteiger partial charge is 0.167 e. The van der Waals surface area contributed by atoms with Crippen molar-refractivity contribution in [3.8, 4) is 11.5 Å². The second-order valence-corrected chi connectivity index (χ2v) is 11.1. The average molecular weight is 581 g/mol. The van der Waals surface area contributed by atoms with Crippen molar-refractivity contribution in [3.05, 3.63) is 59.7 Å². The summed E-state index contributed by atoms with van der Waals surface area (Å²) in [5, 5.41) is 0. The molecule has 0 saturated heterocycles. The van der Waals surface area contributed by atoms with E-state index in [0.717, 1.165) is 100 Å². The molecule has 2 aromatic rings. The summed E-state index contributed by atoms with van der Waals surface area (Å²) in [5.74, 6) is 1.87. The maximum Gasteiger partial charge on any atom is 0.167 e. The summed E-state index contributed by atoms with van der Waals surface area (Å²) in [6.07, 6.45) is 5.38. The maximum absolute atomic E-state index is 13.6. The van der Waals surface area contributed by atoms with Crippen LogP contribution in [0.4, 0.5) is 0 Å². The Morgan fingerprint density at radius 2 is 0.905 bits per heavy atom. The van der Waals surface area contributed by atoms with Crippen LogP contribution in [0.1, 0.15) is 101 Å². The van der Waals surface area contributed by atoms with Gasteiger partial charge in [0.25, 0.3) is 0 Å². The molecule has 6 heteroatoms. The van der Waals surface area contributed by atoms with Crippen molar-refractivity contribution < 1.29 is 19.1 Å². The Hall–Kier alpha value is -2.70. The van der Waals surface area contributed by atoms with E-state index in [4.69, 9.17) is 9.47 Å². The normalized spacial score (nSPS) is 12.9. The van der Waals surface area contributed by atoms with Crippen molar-refractivity contribution >= 4 is 11.6 Å². The molecular formula is C36H56N2O4. The van der Waals surface area contributed by atoms with Crippen molar-refractivity contribution in [1.29, 1.82) is 0 Å². The number of ether oxygens (including phenoxy) is 2. The number of ketones is 2. The van der Waals surface area contributed by atoms with E-state index in [9.17, 15) is 9.59 Å². The van der Waals surface area contributed by atoms with Crippen LogP contribution in [-0.4, -0.2) is 73.8 Å². The molecule has 0 amide bonds. The molecule has 2 atom stereocenters. The lowest BCUT2D eigenvalue weighted by Crippen LogP contribution is -2.34. The minimum Gasteiger partial charge on any atom is -0.494 e. The van der Waals surface area contributed by atoms with Gasteiger partial charge in [0.05, 0.1) is 13.2 Å². The van der Waals surface area contributed by atoms with E-state index in [1.54, 1.807) is 0 Å². The topological polar surface area (TPSA) is 59.1 Å². The van der Waals surface area contributed by atoms with Gasteiger partial charge in [0.2, 0.25) is 0 Å². The van der Waals surface area contributed by atoms with Gasteiger partial charge in [-0.1, -0.05) is 54.4 Å². The summed E-state index contributed by atoms with van der Waals surface area (Å²) in [4.78, 5) is 31.9. The van der Waals surface area contributed by atoms with Crippen LogP contribution in [0, 0.1) is 11.8 Å². The van der Waals surface area contributed by atoms with E-state index in [-0.39, 0.29) is 23.4 Å². The molecular weight excluding hydrogens is 524 g/mol. The van der Waals surface area contributed by atoms with Gasteiger partial charge >= 0.3 is 0 Å². The van der Waals surface area contributed by atoms with Gasteiger partial charge in [-0.05, 0) is 100 Å². The van der Waals surface area contributed by atoms with Crippen LogP contribution in [0.3, 0.4) is 0 Å². The number of nitrogens with zero attached hydrogens (tertiary/aromatic N) is 2. The highest BCUT2D eigenvalue weighted by atomic mass is 16.5. The Bertz CT molecular complexity index is 930. The highest BCUT2D eigenvalue weighted by Crippen LogP contribution is 2.24. The molecule has 6 nitrogen and oxygen atoms in total. The van der Waals surface area contributed by atoms with E-state index in [1.165, 1.54) is 0 Å². The third-order valence-electron chi connectivity index (χ3n) is 8.07. The number of carbonyl (C=O) groups is 2. The van der Waals surface area contributed by atoms with E-state index in [1.807, 2.05) is 48.5 Å². The zero-order valence-electron chi connectivity index (χ0n) is 27.2. The molecule has 0 radical (unpaired) electrons. The summed E-state index contributed by atoms with van der Waals surface area (Å²) in [5.41, 5.74) is 1.49. The van der Waals surface area contributed by atoms with Crippen LogP contribution in [-0.2, 0) is 0 Å². The average Bonchev–Trinajstić information content (AvgIpc) is 3.03. The summed E-state index contributed by atoms with van der Waals surface area (Å²) < 4.78 is 11.4. The van der Waals surface area contributed by atoms with Crippen molar-refractivity contribution in [2.24, 2.45) is 11.8 Å². The number of hydrogen-bond acceptors (Lipinski definition) is 6. The van der Waals surface area contributed by atoms with Crippen LogP contribution in [0.25, 0.3) is 0 Å². The Labute approximate surface area is 255 Å². The summed E-state index contributed by atoms with van der Waals surface area (Å²) in [6.45, 7) is 19.3. The monoisotopic (exact) mass is 580 g/mol. The molecule has 0 aliphatic carbocycles. The van der Waals surface area contributed by atoms with E-state index < -0.39 is 0 Å². The van der Waals surface area contributed by atoms with Gasteiger partial charge in [-0.3, -0.25) is 9.59 Å². The molecule has 0 bridgehead atoms. The number of Topliss-reactive ketones (excluding diaryl/α,β-unsaturated/α-hetero) is 2. The summed E-state index contributed by atoms with van der Waals surface area (Å²) >= 11 is 0. The first-order chi connectivity index (χ1) is 20.4. The van der Waals surface area contributed by atoms with Gasteiger partial charge in [-0.2, -0.15) is 0 Å². The van der Waals surface area contributed by atoms with Crippen molar-refractivity contribution in [2.45, 2.75) is 80.1 Å². The Morgan fingerprint density at radius 3 is 1.19 bits per heavy atom. The summed E-state index contributed by atoms with van der Waals surface area (Å²) in [7, 11) is 0. The van der Waals surface area contributed by atoms with Crippen LogP contribution in [0.15, 0.2) is 48.5 Å². The standard InChI is InChI=1S/C36H56N2O4/c1-7-25-41-33-21-17-29(18-22-33)35(39)31(27-37(9-3)10-4)15-13-14-16-32(28-38(11-5)12-6)36(40)30-19-23-34(24-20-30)42-26-8-2/h17-24,31-32H,7-16,25-28H2,1-6H3. The maximum atomic E-state index is 13.6. The lowest BCUT2D eigenvalue weighted by molar-refractivity contribution is 0.0852. The number of rotatable bonds is 23. The first kappa shape index (κ1) is 35.5. The van der Waals surface area contributed by atoms with Gasteiger partial charge in [0, 0.05) is 36.1 Å². The zero-order chi connectivity index (χ0) is 30.7. The Kier molecular flexibility index (Phi) is 17.1. The van der Waals surface area contributed by atoms with Crippen molar-refractivity contribution in [3.63, 3.8) is 0 Å². The zero-order valence-corrected chi connectivity index (χ0v) is 27.2. The molecule has 0 heterocycles. The van der Waals surface area contributed by atoms with Crippen LogP contribution >= 0.6 is 0 Å². The number of hydrogen-bond donors (Lipinski definition) is 0. The fraction of sp³-hybridized carbons (Fsp3) is 0.611. The SMILES string of the molecule is CCCOc1ccc(C(=O)C(CCCCC(CN(CC)CC)C(=O)c2ccc(OCCC)cc2)CN(CC)CC)cc1. The quantitative estimate of drug-likeness (QED) is 0.0987. The van der Waals surface area contributed by atoms with Gasteiger partial charge in [-0.25, -0.2) is 0 Å². The van der Waals surface area contributed by atoms with Crippen molar-refractivity contribution in [1.82, 2.24) is 9.80 Å². The predicted molar refractivity (Wildman–Crippen MR) is 174 cm³/mol. The van der Waals surface area contributed by atoms with E-state index in [0.29, 0.717) is 13.2 Å². The Morgan fingerprint density at radius 1 is 0.571 bits per heavy atom. The van der Waals surface area contributed by atoms with Gasteiger partial charge in [0.1, 0.15) is 11.5 Å². The molecule has 2 aromatic carbocycles. The lowest BCUT2D eigenvalue weighted by atomic mass is 9.88. The molecule has 0 aromatic heterocycles. The molecule has 0 aliphatic rings. The molecule has 2 unspecified atom stereocenters.